The molecule has 0 saturated carbocycles. The highest BCUT2D eigenvalue weighted by Crippen LogP contribution is 2.29. The molecule has 1 saturated heterocycles. The van der Waals surface area contributed by atoms with Crippen LogP contribution in [-0.4, -0.2) is 62.1 Å². The molecular weight excluding hydrogens is 487 g/mol. The molecule has 3 atom stereocenters. The van der Waals surface area contributed by atoms with Crippen molar-refractivity contribution in [1.82, 2.24) is 10.3 Å². The lowest BCUT2D eigenvalue weighted by Crippen LogP contribution is -2.46. The summed E-state index contributed by atoms with van der Waals surface area (Å²) >= 11 is 0. The number of nitrogens with one attached hydrogen (secondary N) is 1. The van der Waals surface area contributed by atoms with E-state index in [4.69, 9.17) is 23.7 Å². The maximum absolute atomic E-state index is 13.2. The molecule has 1 amide bonds. The average Bonchev–Trinajstić information content (AvgIpc) is 2.86. The van der Waals surface area contributed by atoms with Crippen LogP contribution in [-0.2, 0) is 30.2 Å². The lowest BCUT2D eigenvalue weighted by molar-refractivity contribution is -0.154. The van der Waals surface area contributed by atoms with Crippen LogP contribution >= 0.6 is 0 Å². The Balaban J connectivity index is 1.66. The van der Waals surface area contributed by atoms with Gasteiger partial charge >= 0.3 is 11.9 Å². The van der Waals surface area contributed by atoms with E-state index in [0.717, 1.165) is 5.56 Å². The van der Waals surface area contributed by atoms with Gasteiger partial charge in [-0.05, 0) is 49.8 Å². The largest absolute Gasteiger partial charge is 0.493 e. The van der Waals surface area contributed by atoms with Gasteiger partial charge in [-0.15, -0.1) is 0 Å². The molecule has 0 spiro atoms. The number of pyridine rings is 1. The number of amides is 1. The number of ether oxygens (including phenoxy) is 5. The molecule has 11 heteroatoms. The fourth-order valence-corrected chi connectivity index (χ4v) is 3.97. The number of carbonyl (C=O) groups excluding carboxylic acids is 3. The Kier molecular flexibility index (Phi) is 10.2. The highest BCUT2D eigenvalue weighted by Gasteiger charge is 2.29. The Morgan fingerprint density at radius 1 is 1.22 bits per heavy atom. The van der Waals surface area contributed by atoms with Gasteiger partial charge in [0.05, 0.1) is 19.8 Å². The summed E-state index contributed by atoms with van der Waals surface area (Å²) < 4.78 is 40.0. The first-order chi connectivity index (χ1) is 17.8. The first-order valence-corrected chi connectivity index (χ1v) is 11.9. The number of carbonyl (C=O) groups is 3. The van der Waals surface area contributed by atoms with Crippen molar-refractivity contribution in [3.05, 3.63) is 53.6 Å². The molecule has 1 aromatic heterocycles. The summed E-state index contributed by atoms with van der Waals surface area (Å²) in [5.41, 5.74) is 0.827. The van der Waals surface area contributed by atoms with Crippen molar-refractivity contribution in [3.63, 3.8) is 0 Å². The van der Waals surface area contributed by atoms with E-state index in [-0.39, 0.29) is 35.5 Å². The number of halogens is 1. The Morgan fingerprint density at radius 3 is 2.68 bits per heavy atom. The van der Waals surface area contributed by atoms with Crippen LogP contribution in [0.5, 0.6) is 11.5 Å². The Labute approximate surface area is 214 Å². The zero-order valence-corrected chi connectivity index (χ0v) is 21.0. The fourth-order valence-electron chi connectivity index (χ4n) is 3.97. The first kappa shape index (κ1) is 27.9. The lowest BCUT2D eigenvalue weighted by atomic mass is 9.91. The molecule has 0 radical (unpaired) electrons. The number of methoxy groups -OCH3 is 1. The molecule has 2 aromatic rings. The SMILES string of the molecule is COc1ccnc(C(=O)N[C@H]2COCCC(Cc3ccc(F)cc3)CC(C)OC2=O)c1OCOC(C)=O. The third kappa shape index (κ3) is 8.42. The van der Waals surface area contributed by atoms with Gasteiger partial charge < -0.3 is 29.0 Å². The Morgan fingerprint density at radius 2 is 1.97 bits per heavy atom. The van der Waals surface area contributed by atoms with E-state index in [1.54, 1.807) is 19.1 Å². The molecule has 2 heterocycles. The minimum absolute atomic E-state index is 0.0464. The van der Waals surface area contributed by atoms with Crippen LogP contribution in [0, 0.1) is 11.7 Å². The number of hydrogen-bond acceptors (Lipinski definition) is 9. The van der Waals surface area contributed by atoms with Gasteiger partial charge in [0.25, 0.3) is 5.91 Å². The molecule has 200 valence electrons. The first-order valence-electron chi connectivity index (χ1n) is 11.9. The number of rotatable bonds is 8. The monoisotopic (exact) mass is 518 g/mol. The number of benzene rings is 1. The van der Waals surface area contributed by atoms with E-state index in [2.05, 4.69) is 10.3 Å². The van der Waals surface area contributed by atoms with E-state index in [1.807, 2.05) is 0 Å². The van der Waals surface area contributed by atoms with Crippen molar-refractivity contribution in [2.45, 2.75) is 45.3 Å². The van der Waals surface area contributed by atoms with Gasteiger partial charge in [-0.3, -0.25) is 9.59 Å². The number of cyclic esters (lactones) is 1. The predicted octanol–water partition coefficient (Wildman–Crippen LogP) is 2.83. The summed E-state index contributed by atoms with van der Waals surface area (Å²) in [5, 5.41) is 2.59. The van der Waals surface area contributed by atoms with E-state index in [9.17, 15) is 18.8 Å². The second-order valence-electron chi connectivity index (χ2n) is 8.66. The van der Waals surface area contributed by atoms with Crippen LogP contribution in [0.25, 0.3) is 0 Å². The highest BCUT2D eigenvalue weighted by molar-refractivity contribution is 5.98. The third-order valence-corrected chi connectivity index (χ3v) is 5.73. The maximum atomic E-state index is 13.2. The standard InChI is InChI=1S/C26H31FN2O8/c1-16-12-19(13-18-4-6-20(27)7-5-18)9-11-34-14-21(26(32)37-16)29-25(31)23-24(36-15-35-17(2)30)22(33-3)8-10-28-23/h4-8,10,16,19,21H,9,11-15H2,1-3H3,(H,29,31)/t16?,19?,21-/m0/s1. The van der Waals surface area contributed by atoms with E-state index >= 15 is 0 Å². The van der Waals surface area contributed by atoms with Crippen molar-refractivity contribution in [2.75, 3.05) is 27.1 Å². The summed E-state index contributed by atoms with van der Waals surface area (Å²) in [6, 6.07) is 6.73. The molecular formula is C26H31FN2O8. The van der Waals surface area contributed by atoms with Crippen LogP contribution in [0.3, 0.4) is 0 Å². The van der Waals surface area contributed by atoms with Crippen molar-refractivity contribution in [1.29, 1.82) is 0 Å². The van der Waals surface area contributed by atoms with Gasteiger partial charge in [0.15, 0.2) is 23.2 Å². The summed E-state index contributed by atoms with van der Waals surface area (Å²) in [7, 11) is 1.38. The molecule has 1 aromatic carbocycles. The van der Waals surface area contributed by atoms with Crippen LogP contribution < -0.4 is 14.8 Å². The topological polar surface area (TPSA) is 122 Å². The average molecular weight is 519 g/mol. The Hall–Kier alpha value is -3.73. The normalized spacial score (nSPS) is 20.3. The number of nitrogens with zero attached hydrogens (tertiary/aromatic N) is 1. The summed E-state index contributed by atoms with van der Waals surface area (Å²) in [6.45, 7) is 2.82. The second kappa shape index (κ2) is 13.5. The van der Waals surface area contributed by atoms with E-state index in [0.29, 0.717) is 25.9 Å². The predicted molar refractivity (Wildman–Crippen MR) is 129 cm³/mol. The molecule has 1 N–H and O–H groups in total. The van der Waals surface area contributed by atoms with Gasteiger partial charge in [0.2, 0.25) is 6.79 Å². The summed E-state index contributed by atoms with van der Waals surface area (Å²) in [5.74, 6) is -1.91. The van der Waals surface area contributed by atoms with Crippen molar-refractivity contribution >= 4 is 17.8 Å². The summed E-state index contributed by atoms with van der Waals surface area (Å²) in [4.78, 5) is 41.0. The van der Waals surface area contributed by atoms with Crippen molar-refractivity contribution in [3.8, 4) is 11.5 Å². The molecule has 0 aliphatic carbocycles. The zero-order valence-electron chi connectivity index (χ0n) is 21.0. The quantitative estimate of drug-likeness (QED) is 0.415. The van der Waals surface area contributed by atoms with Gasteiger partial charge in [0.1, 0.15) is 5.82 Å². The minimum atomic E-state index is -1.09. The zero-order chi connectivity index (χ0) is 26.8. The van der Waals surface area contributed by atoms with Crippen LogP contribution in [0.4, 0.5) is 4.39 Å². The second-order valence-corrected chi connectivity index (χ2v) is 8.66. The van der Waals surface area contributed by atoms with Gasteiger partial charge in [-0.2, -0.15) is 0 Å². The molecule has 10 nitrogen and oxygen atoms in total. The number of hydrogen-bond donors (Lipinski definition) is 1. The molecule has 3 rings (SSSR count). The smallest absolute Gasteiger partial charge is 0.331 e. The lowest BCUT2D eigenvalue weighted by Gasteiger charge is -2.26. The fraction of sp³-hybridized carbons (Fsp3) is 0.462. The maximum Gasteiger partial charge on any atom is 0.331 e. The highest BCUT2D eigenvalue weighted by atomic mass is 19.1. The molecule has 37 heavy (non-hydrogen) atoms. The third-order valence-electron chi connectivity index (χ3n) is 5.73. The van der Waals surface area contributed by atoms with Gasteiger partial charge in [-0.25, -0.2) is 14.2 Å². The number of aromatic nitrogens is 1. The Bertz CT molecular complexity index is 1080. The van der Waals surface area contributed by atoms with Crippen LogP contribution in [0.15, 0.2) is 36.5 Å². The molecule has 1 aliphatic heterocycles. The summed E-state index contributed by atoms with van der Waals surface area (Å²) in [6.07, 6.45) is 2.92. The number of esters is 2. The van der Waals surface area contributed by atoms with Gasteiger partial charge in [0, 0.05) is 25.8 Å². The van der Waals surface area contributed by atoms with Gasteiger partial charge in [-0.1, -0.05) is 12.1 Å². The van der Waals surface area contributed by atoms with E-state index in [1.165, 1.54) is 38.4 Å². The van der Waals surface area contributed by atoms with Crippen LogP contribution in [0.2, 0.25) is 0 Å². The van der Waals surface area contributed by atoms with Crippen molar-refractivity contribution in [2.24, 2.45) is 5.92 Å². The van der Waals surface area contributed by atoms with Crippen molar-refractivity contribution < 1.29 is 42.5 Å². The molecule has 1 fully saturated rings. The molecule has 0 bridgehead atoms. The van der Waals surface area contributed by atoms with Crippen LogP contribution in [0.1, 0.15) is 42.7 Å². The van der Waals surface area contributed by atoms with E-state index < -0.39 is 36.8 Å². The molecule has 2 unspecified atom stereocenters. The molecule has 1 aliphatic rings. The minimum Gasteiger partial charge on any atom is -0.493 e.